The Hall–Kier alpha value is -3.48. The second-order valence-electron chi connectivity index (χ2n) is 8.04. The molecule has 0 aliphatic carbocycles. The number of nitrogens with zero attached hydrogens (tertiary/aromatic N) is 5. The standard InChI is InChI=1S/C23H24N6O/c1-14-9-18-17(12-25-21(18)24-11-14)10-16-5-6-20(27-15(16)2)19-13-26-23-28(3)7-4-8-29(23)22(19)30/h5-6,9,11-13H,4,7-8,10H2,1-3H3,(H,24,25). The van der Waals surface area contributed by atoms with Crippen LogP contribution in [-0.4, -0.2) is 38.1 Å². The van der Waals surface area contributed by atoms with E-state index in [9.17, 15) is 4.79 Å². The zero-order valence-corrected chi connectivity index (χ0v) is 17.4. The highest BCUT2D eigenvalue weighted by molar-refractivity contribution is 5.80. The Bertz CT molecular complexity index is 1320. The minimum absolute atomic E-state index is 0.0237. The van der Waals surface area contributed by atoms with Crippen LogP contribution in [0.5, 0.6) is 0 Å². The van der Waals surface area contributed by atoms with Gasteiger partial charge in [-0.1, -0.05) is 6.07 Å². The molecule has 7 heteroatoms. The Morgan fingerprint density at radius 3 is 2.80 bits per heavy atom. The number of hydrogen-bond acceptors (Lipinski definition) is 5. The van der Waals surface area contributed by atoms with Crippen molar-refractivity contribution in [3.05, 3.63) is 69.5 Å². The third-order valence-electron chi connectivity index (χ3n) is 5.85. The van der Waals surface area contributed by atoms with Crippen molar-refractivity contribution in [3.63, 3.8) is 0 Å². The number of rotatable bonds is 3. The van der Waals surface area contributed by atoms with Crippen molar-refractivity contribution in [2.24, 2.45) is 0 Å². The van der Waals surface area contributed by atoms with E-state index in [1.54, 1.807) is 10.8 Å². The molecule has 30 heavy (non-hydrogen) atoms. The second-order valence-corrected chi connectivity index (χ2v) is 8.04. The van der Waals surface area contributed by atoms with Crippen molar-refractivity contribution in [3.8, 4) is 11.3 Å². The number of aromatic amines is 1. The number of hydrogen-bond donors (Lipinski definition) is 1. The maximum atomic E-state index is 13.0. The summed E-state index contributed by atoms with van der Waals surface area (Å²) in [6.45, 7) is 5.66. The lowest BCUT2D eigenvalue weighted by atomic mass is 10.0. The van der Waals surface area contributed by atoms with E-state index in [0.29, 0.717) is 17.8 Å². The van der Waals surface area contributed by atoms with E-state index in [4.69, 9.17) is 4.98 Å². The molecule has 0 unspecified atom stereocenters. The Balaban J connectivity index is 1.49. The summed E-state index contributed by atoms with van der Waals surface area (Å²) < 4.78 is 1.75. The molecule has 0 bridgehead atoms. The van der Waals surface area contributed by atoms with Crippen molar-refractivity contribution in [1.82, 2.24) is 24.5 Å². The smallest absolute Gasteiger partial charge is 0.264 e. The summed E-state index contributed by atoms with van der Waals surface area (Å²) in [5.74, 6) is 0.728. The molecule has 4 aromatic rings. The van der Waals surface area contributed by atoms with Crippen LogP contribution < -0.4 is 10.5 Å². The monoisotopic (exact) mass is 400 g/mol. The lowest BCUT2D eigenvalue weighted by Gasteiger charge is -2.27. The summed E-state index contributed by atoms with van der Waals surface area (Å²) in [5.41, 5.74) is 6.48. The fourth-order valence-electron chi connectivity index (χ4n) is 4.17. The molecule has 0 saturated heterocycles. The molecular formula is C23H24N6O. The van der Waals surface area contributed by atoms with Crippen molar-refractivity contribution in [2.75, 3.05) is 18.5 Å². The molecule has 5 rings (SSSR count). The van der Waals surface area contributed by atoms with E-state index in [2.05, 4.69) is 27.1 Å². The summed E-state index contributed by atoms with van der Waals surface area (Å²) in [4.78, 5) is 32.0. The lowest BCUT2D eigenvalue weighted by molar-refractivity contribution is 0.553. The SMILES string of the molecule is Cc1cnc2[nH]cc(Cc3ccc(-c4cnc5n(c4=O)CCCN5C)nc3C)c2c1. The molecule has 0 atom stereocenters. The normalized spacial score (nSPS) is 13.6. The second kappa shape index (κ2) is 7.09. The number of fused-ring (bicyclic) bond motifs is 2. The van der Waals surface area contributed by atoms with E-state index >= 15 is 0 Å². The fraction of sp³-hybridized carbons (Fsp3) is 0.304. The summed E-state index contributed by atoms with van der Waals surface area (Å²) >= 11 is 0. The molecule has 7 nitrogen and oxygen atoms in total. The largest absolute Gasteiger partial charge is 0.346 e. The number of pyridine rings is 2. The Morgan fingerprint density at radius 2 is 1.97 bits per heavy atom. The van der Waals surface area contributed by atoms with Crippen molar-refractivity contribution in [1.29, 1.82) is 0 Å². The van der Waals surface area contributed by atoms with Crippen molar-refractivity contribution >= 4 is 17.0 Å². The number of aryl methyl sites for hydroxylation is 2. The van der Waals surface area contributed by atoms with Gasteiger partial charge in [0.2, 0.25) is 5.95 Å². The molecular weight excluding hydrogens is 376 g/mol. The molecule has 1 aliphatic rings. The van der Waals surface area contributed by atoms with Crippen LogP contribution in [-0.2, 0) is 13.0 Å². The summed E-state index contributed by atoms with van der Waals surface area (Å²) in [6.07, 6.45) is 7.24. The minimum Gasteiger partial charge on any atom is -0.346 e. The van der Waals surface area contributed by atoms with Gasteiger partial charge in [-0.15, -0.1) is 0 Å². The lowest BCUT2D eigenvalue weighted by Crippen LogP contribution is -2.36. The maximum Gasteiger partial charge on any atom is 0.264 e. The summed E-state index contributed by atoms with van der Waals surface area (Å²) in [5, 5.41) is 1.14. The molecule has 0 aromatic carbocycles. The third kappa shape index (κ3) is 3.07. The molecule has 1 aliphatic heterocycles. The van der Waals surface area contributed by atoms with Gasteiger partial charge in [0, 0.05) is 56.2 Å². The van der Waals surface area contributed by atoms with Crippen molar-refractivity contribution < 1.29 is 0 Å². The van der Waals surface area contributed by atoms with Gasteiger partial charge in [0.1, 0.15) is 5.65 Å². The molecule has 1 N–H and O–H groups in total. The predicted octanol–water partition coefficient (Wildman–Crippen LogP) is 3.23. The van der Waals surface area contributed by atoms with Crippen LogP contribution in [0.4, 0.5) is 5.95 Å². The van der Waals surface area contributed by atoms with E-state index < -0.39 is 0 Å². The maximum absolute atomic E-state index is 13.0. The highest BCUT2D eigenvalue weighted by atomic mass is 16.1. The molecule has 5 heterocycles. The Labute approximate surface area is 174 Å². The number of aromatic nitrogens is 5. The van der Waals surface area contributed by atoms with Gasteiger partial charge in [-0.25, -0.2) is 9.97 Å². The summed E-state index contributed by atoms with van der Waals surface area (Å²) in [7, 11) is 1.97. The van der Waals surface area contributed by atoms with Crippen LogP contribution in [0, 0.1) is 13.8 Å². The molecule has 0 saturated carbocycles. The van der Waals surface area contributed by atoms with E-state index in [0.717, 1.165) is 53.2 Å². The minimum atomic E-state index is -0.0237. The number of nitrogens with one attached hydrogen (secondary N) is 1. The van der Waals surface area contributed by atoms with Crippen LogP contribution in [0.25, 0.3) is 22.3 Å². The van der Waals surface area contributed by atoms with Gasteiger partial charge in [0.15, 0.2) is 0 Å². The van der Waals surface area contributed by atoms with Crippen LogP contribution >= 0.6 is 0 Å². The van der Waals surface area contributed by atoms with Gasteiger partial charge in [0.25, 0.3) is 5.56 Å². The number of anilines is 1. The first kappa shape index (κ1) is 18.5. The molecule has 0 amide bonds. The third-order valence-corrected chi connectivity index (χ3v) is 5.85. The quantitative estimate of drug-likeness (QED) is 0.571. The average molecular weight is 400 g/mol. The molecule has 0 fully saturated rings. The first-order chi connectivity index (χ1) is 14.5. The fourth-order valence-corrected chi connectivity index (χ4v) is 4.17. The topological polar surface area (TPSA) is 79.7 Å². The molecule has 0 spiro atoms. The first-order valence-corrected chi connectivity index (χ1v) is 10.2. The van der Waals surface area contributed by atoms with Gasteiger partial charge in [-0.2, -0.15) is 0 Å². The molecule has 4 aromatic heterocycles. The van der Waals surface area contributed by atoms with Crippen LogP contribution in [0.2, 0.25) is 0 Å². The van der Waals surface area contributed by atoms with Gasteiger partial charge in [0.05, 0.1) is 11.3 Å². The van der Waals surface area contributed by atoms with Crippen LogP contribution in [0.3, 0.4) is 0 Å². The number of H-pyrrole nitrogens is 1. The first-order valence-electron chi connectivity index (χ1n) is 10.2. The van der Waals surface area contributed by atoms with Crippen LogP contribution in [0.15, 0.2) is 41.6 Å². The Kier molecular flexibility index (Phi) is 4.38. The van der Waals surface area contributed by atoms with Gasteiger partial charge in [-0.05, 0) is 49.1 Å². The van der Waals surface area contributed by atoms with E-state index in [-0.39, 0.29) is 5.56 Å². The zero-order chi connectivity index (χ0) is 20.8. The molecule has 0 radical (unpaired) electrons. The van der Waals surface area contributed by atoms with Crippen LogP contribution in [0.1, 0.15) is 28.8 Å². The predicted molar refractivity (Wildman–Crippen MR) is 118 cm³/mol. The van der Waals surface area contributed by atoms with Gasteiger partial charge < -0.3 is 9.88 Å². The van der Waals surface area contributed by atoms with Crippen molar-refractivity contribution in [2.45, 2.75) is 33.2 Å². The highest BCUT2D eigenvalue weighted by Crippen LogP contribution is 2.24. The summed E-state index contributed by atoms with van der Waals surface area (Å²) in [6, 6.07) is 6.15. The average Bonchev–Trinajstić information content (AvgIpc) is 3.12. The Morgan fingerprint density at radius 1 is 1.10 bits per heavy atom. The van der Waals surface area contributed by atoms with E-state index in [1.165, 1.54) is 5.56 Å². The van der Waals surface area contributed by atoms with Gasteiger partial charge >= 0.3 is 0 Å². The highest BCUT2D eigenvalue weighted by Gasteiger charge is 2.19. The van der Waals surface area contributed by atoms with Gasteiger partial charge in [-0.3, -0.25) is 14.3 Å². The zero-order valence-electron chi connectivity index (χ0n) is 17.4. The molecule has 152 valence electrons. The van der Waals surface area contributed by atoms with E-state index in [1.807, 2.05) is 44.3 Å².